The Morgan fingerprint density at radius 2 is 2.44 bits per heavy atom. The number of rotatable bonds is 2. The molecule has 0 saturated carbocycles. The van der Waals surface area contributed by atoms with E-state index >= 15 is 0 Å². The van der Waals surface area contributed by atoms with Crippen LogP contribution in [0.3, 0.4) is 0 Å². The molecule has 2 nitrogen and oxygen atoms in total. The molecule has 0 aromatic heterocycles. The van der Waals surface area contributed by atoms with E-state index in [-0.39, 0.29) is 5.91 Å². The Morgan fingerprint density at radius 1 is 1.78 bits per heavy atom. The van der Waals surface area contributed by atoms with E-state index in [1.165, 1.54) is 0 Å². The largest absolute Gasteiger partial charge is 0.352 e. The molecule has 1 N–H and O–H groups in total. The second-order valence-electron chi connectivity index (χ2n) is 2.16. The number of hydrogen-bond donors (Lipinski definition) is 1. The minimum atomic E-state index is 0.181. The van der Waals surface area contributed by atoms with Gasteiger partial charge < -0.3 is 5.32 Å². The van der Waals surface area contributed by atoms with Gasteiger partial charge >= 0.3 is 0 Å². The quantitative estimate of drug-likeness (QED) is 0.617. The van der Waals surface area contributed by atoms with Gasteiger partial charge in [0.25, 0.3) is 0 Å². The van der Waals surface area contributed by atoms with Gasteiger partial charge in [0.05, 0.1) is 0 Å². The first-order valence-electron chi connectivity index (χ1n) is 3.20. The average molecular weight is 145 g/mol. The van der Waals surface area contributed by atoms with Crippen LogP contribution in [0.5, 0.6) is 0 Å². The van der Waals surface area contributed by atoms with Crippen molar-refractivity contribution in [2.45, 2.75) is 19.4 Å². The minimum absolute atomic E-state index is 0.181. The minimum Gasteiger partial charge on any atom is -0.352 e. The lowest BCUT2D eigenvalue weighted by atomic mass is 10.3. The van der Waals surface area contributed by atoms with Gasteiger partial charge in [-0.05, 0) is 0 Å². The predicted octanol–water partition coefficient (Wildman–Crippen LogP) is 0.628. The summed E-state index contributed by atoms with van der Waals surface area (Å²) < 4.78 is 0. The molecule has 0 radical (unpaired) electrons. The lowest BCUT2D eigenvalue weighted by molar-refractivity contribution is -0.121. The molecule has 1 rings (SSSR count). The molecular formula is C6H11NOS. The number of carbonyl (C=O) groups is 1. The molecule has 0 aliphatic carbocycles. The van der Waals surface area contributed by atoms with E-state index in [0.29, 0.717) is 12.5 Å². The summed E-state index contributed by atoms with van der Waals surface area (Å²) in [4.78, 5) is 10.7. The van der Waals surface area contributed by atoms with Crippen LogP contribution in [-0.4, -0.2) is 23.5 Å². The maximum absolute atomic E-state index is 10.7. The Hall–Kier alpha value is -0.180. The lowest BCUT2D eigenvalue weighted by Crippen LogP contribution is -2.43. The van der Waals surface area contributed by atoms with Gasteiger partial charge in [0.15, 0.2) is 0 Å². The molecule has 0 unspecified atom stereocenters. The highest BCUT2D eigenvalue weighted by atomic mass is 32.2. The zero-order chi connectivity index (χ0) is 6.69. The maximum atomic E-state index is 10.7. The zero-order valence-corrected chi connectivity index (χ0v) is 6.33. The highest BCUT2D eigenvalue weighted by Gasteiger charge is 2.18. The molecule has 1 aliphatic heterocycles. The van der Waals surface area contributed by atoms with E-state index in [1.54, 1.807) is 0 Å². The van der Waals surface area contributed by atoms with Gasteiger partial charge in [-0.25, -0.2) is 0 Å². The summed E-state index contributed by atoms with van der Waals surface area (Å²) in [5.74, 6) is 2.39. The van der Waals surface area contributed by atoms with Crippen molar-refractivity contribution in [2.24, 2.45) is 0 Å². The van der Waals surface area contributed by atoms with Crippen LogP contribution in [0.2, 0.25) is 0 Å². The van der Waals surface area contributed by atoms with E-state index in [1.807, 2.05) is 18.7 Å². The van der Waals surface area contributed by atoms with Crippen LogP contribution < -0.4 is 5.32 Å². The van der Waals surface area contributed by atoms with Gasteiger partial charge in [0.1, 0.15) is 0 Å². The van der Waals surface area contributed by atoms with E-state index in [2.05, 4.69) is 5.32 Å². The third-order valence-electron chi connectivity index (χ3n) is 1.32. The summed E-state index contributed by atoms with van der Waals surface area (Å²) in [5, 5.41) is 2.91. The van der Waals surface area contributed by atoms with Gasteiger partial charge in [0.2, 0.25) is 5.91 Å². The van der Waals surface area contributed by atoms with Gasteiger partial charge in [-0.15, -0.1) is 0 Å². The molecule has 0 spiro atoms. The fourth-order valence-electron chi connectivity index (χ4n) is 0.649. The van der Waals surface area contributed by atoms with Gasteiger partial charge in [0, 0.05) is 24.0 Å². The molecular weight excluding hydrogens is 134 g/mol. The molecule has 52 valence electrons. The Labute approximate surface area is 59.4 Å². The number of nitrogens with one attached hydrogen (secondary N) is 1. The molecule has 1 amide bonds. The van der Waals surface area contributed by atoms with Crippen molar-refractivity contribution in [3.63, 3.8) is 0 Å². The topological polar surface area (TPSA) is 29.1 Å². The zero-order valence-electron chi connectivity index (χ0n) is 5.52. The Balaban J connectivity index is 2.09. The second-order valence-corrected chi connectivity index (χ2v) is 3.23. The maximum Gasteiger partial charge on any atom is 0.219 e. The SMILES string of the molecule is CCC(=O)NC1CSC1. The predicted molar refractivity (Wildman–Crippen MR) is 39.5 cm³/mol. The van der Waals surface area contributed by atoms with Crippen molar-refractivity contribution in [3.05, 3.63) is 0 Å². The summed E-state index contributed by atoms with van der Waals surface area (Å²) in [6.45, 7) is 1.88. The first-order chi connectivity index (χ1) is 4.33. The third kappa shape index (κ3) is 1.90. The van der Waals surface area contributed by atoms with Crippen molar-refractivity contribution in [1.82, 2.24) is 5.32 Å². The van der Waals surface area contributed by atoms with Crippen LogP contribution in [0, 0.1) is 0 Å². The Morgan fingerprint density at radius 3 is 2.78 bits per heavy atom. The fourth-order valence-corrected chi connectivity index (χ4v) is 1.29. The van der Waals surface area contributed by atoms with Crippen LogP contribution in [0.25, 0.3) is 0 Å². The lowest BCUT2D eigenvalue weighted by Gasteiger charge is -2.25. The first-order valence-corrected chi connectivity index (χ1v) is 4.35. The number of hydrogen-bond acceptors (Lipinski definition) is 2. The summed E-state index contributed by atoms with van der Waals surface area (Å²) in [6, 6.07) is 0.474. The number of thioether (sulfide) groups is 1. The van der Waals surface area contributed by atoms with Crippen LogP contribution in [0.4, 0.5) is 0 Å². The van der Waals surface area contributed by atoms with Crippen molar-refractivity contribution < 1.29 is 4.79 Å². The van der Waals surface area contributed by atoms with E-state index in [4.69, 9.17) is 0 Å². The molecule has 0 atom stereocenters. The molecule has 1 fully saturated rings. The van der Waals surface area contributed by atoms with Gasteiger partial charge in [-0.2, -0.15) is 11.8 Å². The van der Waals surface area contributed by atoms with E-state index < -0.39 is 0 Å². The average Bonchev–Trinajstić information content (AvgIpc) is 1.78. The Bertz CT molecular complexity index is 112. The van der Waals surface area contributed by atoms with Crippen molar-refractivity contribution in [3.8, 4) is 0 Å². The van der Waals surface area contributed by atoms with E-state index in [0.717, 1.165) is 11.5 Å². The van der Waals surface area contributed by atoms with Crippen LogP contribution in [-0.2, 0) is 4.79 Å². The molecule has 1 heterocycles. The van der Waals surface area contributed by atoms with Crippen molar-refractivity contribution >= 4 is 17.7 Å². The first kappa shape index (κ1) is 6.93. The summed E-state index contributed by atoms with van der Waals surface area (Å²) in [6.07, 6.45) is 0.612. The van der Waals surface area contributed by atoms with Crippen LogP contribution in [0.15, 0.2) is 0 Å². The van der Waals surface area contributed by atoms with Crippen molar-refractivity contribution in [1.29, 1.82) is 0 Å². The monoisotopic (exact) mass is 145 g/mol. The molecule has 3 heteroatoms. The van der Waals surface area contributed by atoms with Crippen LogP contribution in [0.1, 0.15) is 13.3 Å². The number of amides is 1. The van der Waals surface area contributed by atoms with Crippen molar-refractivity contribution in [2.75, 3.05) is 11.5 Å². The van der Waals surface area contributed by atoms with Gasteiger partial charge in [-0.3, -0.25) is 4.79 Å². The van der Waals surface area contributed by atoms with E-state index in [9.17, 15) is 4.79 Å². The second kappa shape index (κ2) is 3.11. The Kier molecular flexibility index (Phi) is 2.39. The smallest absolute Gasteiger partial charge is 0.219 e. The highest BCUT2D eigenvalue weighted by molar-refractivity contribution is 8.00. The highest BCUT2D eigenvalue weighted by Crippen LogP contribution is 2.16. The molecule has 1 saturated heterocycles. The molecule has 9 heavy (non-hydrogen) atoms. The third-order valence-corrected chi connectivity index (χ3v) is 2.60. The summed E-state index contributed by atoms with van der Waals surface area (Å²) in [5.41, 5.74) is 0. The molecule has 1 aliphatic rings. The normalized spacial score (nSPS) is 18.8. The van der Waals surface area contributed by atoms with Crippen LogP contribution >= 0.6 is 11.8 Å². The summed E-state index contributed by atoms with van der Waals surface area (Å²) >= 11 is 1.88. The molecule has 0 aromatic rings. The fraction of sp³-hybridized carbons (Fsp3) is 0.833. The molecule has 0 bridgehead atoms. The standard InChI is InChI=1S/C6H11NOS/c1-2-6(8)7-5-3-9-4-5/h5H,2-4H2,1H3,(H,7,8). The number of carbonyl (C=O) groups excluding carboxylic acids is 1. The van der Waals surface area contributed by atoms with Gasteiger partial charge in [-0.1, -0.05) is 6.92 Å². The molecule has 0 aromatic carbocycles. The summed E-state index contributed by atoms with van der Waals surface area (Å²) in [7, 11) is 0.